The summed E-state index contributed by atoms with van der Waals surface area (Å²) in [6, 6.07) is 4.97. The predicted molar refractivity (Wildman–Crippen MR) is 49.2 cm³/mol. The van der Waals surface area contributed by atoms with Crippen LogP contribution in [0.1, 0.15) is 5.56 Å². The van der Waals surface area contributed by atoms with Gasteiger partial charge in [0.25, 0.3) is 0 Å². The Hall–Kier alpha value is -1.22. The van der Waals surface area contributed by atoms with Crippen LogP contribution in [0, 0.1) is 6.92 Å². The van der Waals surface area contributed by atoms with Crippen LogP contribution in [0.2, 0.25) is 5.02 Å². The number of carbonyl (C=O) groups is 1. The van der Waals surface area contributed by atoms with Gasteiger partial charge in [0, 0.05) is 5.02 Å². The molecule has 3 nitrogen and oxygen atoms in total. The van der Waals surface area contributed by atoms with E-state index in [-0.39, 0.29) is 0 Å². The molecule has 0 bridgehead atoms. The van der Waals surface area contributed by atoms with Crippen molar-refractivity contribution in [3.8, 4) is 5.75 Å². The number of carbonyl (C=O) groups excluding carboxylic acids is 1. The average molecular weight is 201 g/mol. The highest BCUT2D eigenvalue weighted by atomic mass is 35.5. The molecule has 0 aliphatic heterocycles. The van der Waals surface area contributed by atoms with E-state index >= 15 is 0 Å². The molecule has 0 aliphatic rings. The molecule has 0 radical (unpaired) electrons. The average Bonchev–Trinajstić information content (AvgIpc) is 2.09. The Morgan fingerprint density at radius 3 is 2.69 bits per heavy atom. The fourth-order valence-corrected chi connectivity index (χ4v) is 1.09. The lowest BCUT2D eigenvalue weighted by Gasteiger charge is -2.05. The van der Waals surface area contributed by atoms with E-state index < -0.39 is 6.16 Å². The maximum atomic E-state index is 10.7. The third-order valence-corrected chi connectivity index (χ3v) is 1.73. The van der Waals surface area contributed by atoms with Crippen molar-refractivity contribution in [2.45, 2.75) is 6.92 Å². The zero-order valence-electron chi connectivity index (χ0n) is 7.33. The van der Waals surface area contributed by atoms with Crippen LogP contribution in [0.15, 0.2) is 18.2 Å². The number of aryl methyl sites for hydroxylation is 1. The van der Waals surface area contributed by atoms with E-state index in [9.17, 15) is 4.79 Å². The van der Waals surface area contributed by atoms with E-state index in [0.717, 1.165) is 5.56 Å². The highest BCUT2D eigenvalue weighted by molar-refractivity contribution is 6.30. The molecule has 70 valence electrons. The summed E-state index contributed by atoms with van der Waals surface area (Å²) in [5, 5.41) is 0.606. The minimum atomic E-state index is -0.731. The van der Waals surface area contributed by atoms with Gasteiger partial charge in [-0.2, -0.15) is 0 Å². The number of ether oxygens (including phenoxy) is 2. The first kappa shape index (κ1) is 9.86. The van der Waals surface area contributed by atoms with E-state index in [1.807, 2.05) is 0 Å². The first-order valence-electron chi connectivity index (χ1n) is 3.65. The second-order valence-electron chi connectivity index (χ2n) is 2.47. The van der Waals surface area contributed by atoms with Crippen molar-refractivity contribution in [2.75, 3.05) is 7.11 Å². The molecular weight excluding hydrogens is 192 g/mol. The third-order valence-electron chi connectivity index (χ3n) is 1.50. The standard InChI is InChI=1S/C9H9ClO3/c1-6-5-7(10)3-4-8(6)13-9(11)12-2/h3-5H,1-2H3. The summed E-state index contributed by atoms with van der Waals surface area (Å²) in [7, 11) is 1.26. The summed E-state index contributed by atoms with van der Waals surface area (Å²) in [5.74, 6) is 0.455. The lowest BCUT2D eigenvalue weighted by molar-refractivity contribution is 0.121. The molecule has 0 atom stereocenters. The Morgan fingerprint density at radius 1 is 1.46 bits per heavy atom. The summed E-state index contributed by atoms with van der Waals surface area (Å²) < 4.78 is 9.17. The Kier molecular flexibility index (Phi) is 3.14. The zero-order valence-corrected chi connectivity index (χ0v) is 8.09. The second-order valence-corrected chi connectivity index (χ2v) is 2.90. The topological polar surface area (TPSA) is 35.5 Å². The van der Waals surface area contributed by atoms with Gasteiger partial charge in [0.2, 0.25) is 0 Å². The minimum absolute atomic E-state index is 0.455. The van der Waals surface area contributed by atoms with Gasteiger partial charge in [-0.15, -0.1) is 0 Å². The molecule has 1 aromatic rings. The molecule has 0 saturated carbocycles. The second kappa shape index (κ2) is 4.14. The largest absolute Gasteiger partial charge is 0.513 e. The van der Waals surface area contributed by atoms with Gasteiger partial charge in [-0.1, -0.05) is 11.6 Å². The first-order valence-corrected chi connectivity index (χ1v) is 4.03. The van der Waals surface area contributed by atoms with Gasteiger partial charge in [0.1, 0.15) is 5.75 Å². The van der Waals surface area contributed by atoms with Crippen molar-refractivity contribution in [1.82, 2.24) is 0 Å². The van der Waals surface area contributed by atoms with Crippen LogP contribution in [0.5, 0.6) is 5.75 Å². The number of benzene rings is 1. The Balaban J connectivity index is 2.83. The van der Waals surface area contributed by atoms with Gasteiger partial charge in [-0.25, -0.2) is 4.79 Å². The number of rotatable bonds is 1. The lowest BCUT2D eigenvalue weighted by atomic mass is 10.2. The molecule has 0 saturated heterocycles. The van der Waals surface area contributed by atoms with Gasteiger partial charge in [0.05, 0.1) is 7.11 Å². The van der Waals surface area contributed by atoms with E-state index in [1.165, 1.54) is 7.11 Å². The molecule has 4 heteroatoms. The van der Waals surface area contributed by atoms with Crippen LogP contribution in [-0.4, -0.2) is 13.3 Å². The summed E-state index contributed by atoms with van der Waals surface area (Å²) in [6.07, 6.45) is -0.731. The summed E-state index contributed by atoms with van der Waals surface area (Å²) in [6.45, 7) is 1.80. The van der Waals surface area contributed by atoms with Gasteiger partial charge in [0.15, 0.2) is 0 Å². The Labute approximate surface area is 81.2 Å². The molecule has 0 N–H and O–H groups in total. The fourth-order valence-electron chi connectivity index (χ4n) is 0.859. The van der Waals surface area contributed by atoms with Crippen LogP contribution in [0.25, 0.3) is 0 Å². The van der Waals surface area contributed by atoms with Crippen LogP contribution in [0.4, 0.5) is 4.79 Å². The van der Waals surface area contributed by atoms with Gasteiger partial charge in [-0.3, -0.25) is 0 Å². The normalized spacial score (nSPS) is 9.46. The molecule has 1 aromatic carbocycles. The van der Waals surface area contributed by atoms with E-state index in [1.54, 1.807) is 25.1 Å². The van der Waals surface area contributed by atoms with Crippen LogP contribution < -0.4 is 4.74 Å². The predicted octanol–water partition coefficient (Wildman–Crippen LogP) is 2.79. The summed E-state index contributed by atoms with van der Waals surface area (Å²) >= 11 is 5.72. The van der Waals surface area contributed by atoms with Gasteiger partial charge < -0.3 is 9.47 Å². The monoisotopic (exact) mass is 200 g/mol. The third kappa shape index (κ3) is 2.63. The highest BCUT2D eigenvalue weighted by Crippen LogP contribution is 2.21. The van der Waals surface area contributed by atoms with Crippen molar-refractivity contribution >= 4 is 17.8 Å². The van der Waals surface area contributed by atoms with E-state index in [0.29, 0.717) is 10.8 Å². The number of methoxy groups -OCH3 is 1. The lowest BCUT2D eigenvalue weighted by Crippen LogP contribution is -2.07. The van der Waals surface area contributed by atoms with Crippen molar-refractivity contribution in [1.29, 1.82) is 0 Å². The summed E-state index contributed by atoms with van der Waals surface area (Å²) in [4.78, 5) is 10.7. The molecule has 0 heterocycles. The van der Waals surface area contributed by atoms with Crippen molar-refractivity contribution < 1.29 is 14.3 Å². The number of hydrogen-bond donors (Lipinski definition) is 0. The molecule has 1 rings (SSSR count). The quantitative estimate of drug-likeness (QED) is 0.517. The van der Waals surface area contributed by atoms with E-state index in [4.69, 9.17) is 16.3 Å². The molecule has 13 heavy (non-hydrogen) atoms. The van der Waals surface area contributed by atoms with Gasteiger partial charge in [-0.05, 0) is 30.7 Å². The smallest absolute Gasteiger partial charge is 0.437 e. The number of hydrogen-bond acceptors (Lipinski definition) is 3. The van der Waals surface area contributed by atoms with Gasteiger partial charge >= 0.3 is 6.16 Å². The highest BCUT2D eigenvalue weighted by Gasteiger charge is 2.06. The Bertz CT molecular complexity index is 323. The first-order chi connectivity index (χ1) is 6.13. The minimum Gasteiger partial charge on any atom is -0.437 e. The maximum absolute atomic E-state index is 10.7. The SMILES string of the molecule is COC(=O)Oc1ccc(Cl)cc1C. The fraction of sp³-hybridized carbons (Fsp3) is 0.222. The molecular formula is C9H9ClO3. The molecule has 0 spiro atoms. The molecule has 0 aromatic heterocycles. The van der Waals surface area contributed by atoms with Crippen LogP contribution in [-0.2, 0) is 4.74 Å². The molecule has 0 unspecified atom stereocenters. The number of halogens is 1. The molecule has 0 aliphatic carbocycles. The van der Waals surface area contributed by atoms with Crippen molar-refractivity contribution in [3.05, 3.63) is 28.8 Å². The summed E-state index contributed by atoms with van der Waals surface area (Å²) in [5.41, 5.74) is 0.790. The zero-order chi connectivity index (χ0) is 9.84. The van der Waals surface area contributed by atoms with Crippen molar-refractivity contribution in [3.63, 3.8) is 0 Å². The molecule has 0 amide bonds. The van der Waals surface area contributed by atoms with E-state index in [2.05, 4.69) is 4.74 Å². The van der Waals surface area contributed by atoms with Crippen LogP contribution >= 0.6 is 11.6 Å². The van der Waals surface area contributed by atoms with Crippen LogP contribution in [0.3, 0.4) is 0 Å². The van der Waals surface area contributed by atoms with Crippen molar-refractivity contribution in [2.24, 2.45) is 0 Å². The maximum Gasteiger partial charge on any atom is 0.513 e. The molecule has 0 fully saturated rings. The Morgan fingerprint density at radius 2 is 2.15 bits per heavy atom.